The summed E-state index contributed by atoms with van der Waals surface area (Å²) in [5, 5.41) is 5.86. The van der Waals surface area contributed by atoms with E-state index in [0.717, 1.165) is 48.4 Å². The average Bonchev–Trinajstić information content (AvgIpc) is 3.69. The Hall–Kier alpha value is -4.40. The van der Waals surface area contributed by atoms with Gasteiger partial charge < -0.3 is 15.5 Å². The van der Waals surface area contributed by atoms with Crippen LogP contribution in [0.1, 0.15) is 66.8 Å². The molecule has 1 unspecified atom stereocenters. The molecule has 43 heavy (non-hydrogen) atoms. The van der Waals surface area contributed by atoms with Gasteiger partial charge in [-0.25, -0.2) is 8.78 Å². The third-order valence-electron chi connectivity index (χ3n) is 9.61. The number of fused-ring (bicyclic) bond motifs is 1. The van der Waals surface area contributed by atoms with E-state index in [2.05, 4.69) is 10.6 Å². The highest BCUT2D eigenvalue weighted by molar-refractivity contribution is 6.15. The van der Waals surface area contributed by atoms with Gasteiger partial charge in [-0.3, -0.25) is 19.4 Å². The van der Waals surface area contributed by atoms with Gasteiger partial charge in [0.25, 0.3) is 5.91 Å². The van der Waals surface area contributed by atoms with Crippen molar-refractivity contribution in [3.8, 4) is 0 Å². The Kier molecular flexibility index (Phi) is 6.63. The maximum Gasteiger partial charge on any atom is 0.254 e. The number of nitrogens with zero attached hydrogens (tertiary/aromatic N) is 2. The van der Waals surface area contributed by atoms with Gasteiger partial charge >= 0.3 is 0 Å². The second kappa shape index (κ2) is 10.4. The number of amides is 3. The van der Waals surface area contributed by atoms with Gasteiger partial charge in [-0.1, -0.05) is 49.2 Å². The van der Waals surface area contributed by atoms with Crippen LogP contribution in [0.25, 0.3) is 0 Å². The van der Waals surface area contributed by atoms with E-state index < -0.39 is 28.6 Å². The van der Waals surface area contributed by atoms with Gasteiger partial charge in [-0.2, -0.15) is 0 Å². The topological polar surface area (TPSA) is 90.9 Å². The van der Waals surface area contributed by atoms with Crippen LogP contribution in [0.4, 0.5) is 14.5 Å². The Morgan fingerprint density at radius 3 is 2.40 bits per heavy atom. The van der Waals surface area contributed by atoms with E-state index in [1.165, 1.54) is 17.0 Å². The first kappa shape index (κ1) is 27.4. The minimum atomic E-state index is -0.917. The zero-order valence-electron chi connectivity index (χ0n) is 23.7. The van der Waals surface area contributed by atoms with Gasteiger partial charge in [0.2, 0.25) is 11.8 Å². The molecule has 3 amide bonds. The number of carbonyl (C=O) groups excluding carboxylic acids is 3. The monoisotopic (exact) mass is 582 g/mol. The van der Waals surface area contributed by atoms with Crippen molar-refractivity contribution in [1.82, 2.24) is 10.2 Å². The van der Waals surface area contributed by atoms with Crippen molar-refractivity contribution in [2.24, 2.45) is 10.4 Å². The number of hydrogen-bond acceptors (Lipinski definition) is 4. The third-order valence-corrected chi connectivity index (χ3v) is 9.61. The molecule has 4 aliphatic rings. The molecule has 2 fully saturated rings. The number of benzene rings is 3. The lowest BCUT2D eigenvalue weighted by molar-refractivity contribution is -0.152. The summed E-state index contributed by atoms with van der Waals surface area (Å²) in [6.07, 6.45) is 5.50. The summed E-state index contributed by atoms with van der Waals surface area (Å²) in [6, 6.07) is 17.8. The number of halogens is 2. The van der Waals surface area contributed by atoms with E-state index in [4.69, 9.17) is 4.99 Å². The summed E-state index contributed by atoms with van der Waals surface area (Å²) in [6.45, 7) is -0.225. The minimum absolute atomic E-state index is 0.115. The van der Waals surface area contributed by atoms with Crippen molar-refractivity contribution in [3.63, 3.8) is 0 Å². The largest absolute Gasteiger partial charge is 0.326 e. The molecule has 2 atom stereocenters. The van der Waals surface area contributed by atoms with E-state index in [9.17, 15) is 23.2 Å². The summed E-state index contributed by atoms with van der Waals surface area (Å²) < 4.78 is 28.3. The molecule has 2 aliphatic heterocycles. The van der Waals surface area contributed by atoms with Gasteiger partial charge in [-0.15, -0.1) is 0 Å². The number of anilines is 1. The lowest BCUT2D eigenvalue weighted by Crippen LogP contribution is -2.51. The van der Waals surface area contributed by atoms with E-state index in [-0.39, 0.29) is 24.3 Å². The smallest absolute Gasteiger partial charge is 0.254 e. The van der Waals surface area contributed by atoms with Crippen molar-refractivity contribution in [3.05, 3.63) is 101 Å². The predicted molar refractivity (Wildman–Crippen MR) is 157 cm³/mol. The molecule has 9 heteroatoms. The molecule has 7 rings (SSSR count). The van der Waals surface area contributed by atoms with Crippen molar-refractivity contribution < 1.29 is 23.2 Å². The van der Waals surface area contributed by atoms with Crippen molar-refractivity contribution in [2.45, 2.75) is 62.9 Å². The Morgan fingerprint density at radius 1 is 0.930 bits per heavy atom. The lowest BCUT2D eigenvalue weighted by atomic mass is 9.74. The van der Waals surface area contributed by atoms with Crippen LogP contribution in [0.3, 0.4) is 0 Å². The number of carbonyl (C=O) groups is 3. The number of piperidine rings is 1. The zero-order valence-corrected chi connectivity index (χ0v) is 23.7. The van der Waals surface area contributed by atoms with Gasteiger partial charge in [0.1, 0.15) is 29.6 Å². The van der Waals surface area contributed by atoms with E-state index >= 15 is 0 Å². The van der Waals surface area contributed by atoms with Crippen LogP contribution in [-0.4, -0.2) is 40.5 Å². The number of amidine groups is 1. The average molecular weight is 583 g/mol. The first-order chi connectivity index (χ1) is 20.7. The molecule has 0 bridgehead atoms. The standard InChI is InChI=1S/C34H32F2N4O3/c35-25-14-23(15-26(36)17-25)28-10-13-33(11-4-5-12-33)32(43)40(28)20-29(41)37-27-9-8-22-18-34(19-24(22)16-27)31(42)38-30(39-34)21-6-2-1-3-7-21/h1-3,6-9,14-17,28H,4-5,10-13,18-20H2,(H,37,41)(H,38,39,42)/t28-,34?/m0/s1. The van der Waals surface area contributed by atoms with Crippen LogP contribution in [0, 0.1) is 17.0 Å². The highest BCUT2D eigenvalue weighted by Crippen LogP contribution is 2.50. The highest BCUT2D eigenvalue weighted by atomic mass is 19.1. The fraction of sp³-hybridized carbons (Fsp3) is 0.353. The van der Waals surface area contributed by atoms with Gasteiger partial charge in [-0.05, 0) is 66.6 Å². The maximum absolute atomic E-state index is 14.1. The van der Waals surface area contributed by atoms with Crippen LogP contribution in [0.5, 0.6) is 0 Å². The molecular formula is C34H32F2N4O3. The second-order valence-corrected chi connectivity index (χ2v) is 12.4. The van der Waals surface area contributed by atoms with Crippen molar-refractivity contribution in [1.29, 1.82) is 0 Å². The zero-order chi connectivity index (χ0) is 29.8. The Labute approximate surface area is 248 Å². The van der Waals surface area contributed by atoms with E-state index in [1.807, 2.05) is 42.5 Å². The Morgan fingerprint density at radius 2 is 1.65 bits per heavy atom. The minimum Gasteiger partial charge on any atom is -0.326 e. The lowest BCUT2D eigenvalue weighted by Gasteiger charge is -2.44. The highest BCUT2D eigenvalue weighted by Gasteiger charge is 2.50. The first-order valence-electron chi connectivity index (χ1n) is 14.9. The number of hydrogen-bond donors (Lipinski definition) is 2. The SMILES string of the molecule is O=C(CN1C(=O)C2(CCCC2)CC[C@H]1c1cc(F)cc(F)c1)Nc1ccc2c(c1)CC1(C2)N=C(c2ccccc2)NC1=O. The first-order valence-corrected chi connectivity index (χ1v) is 14.9. The Bertz CT molecular complexity index is 1650. The maximum atomic E-state index is 14.1. The fourth-order valence-electron chi connectivity index (χ4n) is 7.51. The molecule has 0 aromatic heterocycles. The van der Waals surface area contributed by atoms with Gasteiger partial charge in [0, 0.05) is 35.6 Å². The molecule has 1 saturated heterocycles. The molecule has 3 aromatic rings. The van der Waals surface area contributed by atoms with Gasteiger partial charge in [0.05, 0.1) is 6.04 Å². The third kappa shape index (κ3) is 4.90. The van der Waals surface area contributed by atoms with Crippen LogP contribution in [0.2, 0.25) is 0 Å². The number of likely N-dealkylation sites (tertiary alicyclic amines) is 1. The molecule has 2 spiro atoms. The number of rotatable bonds is 5. The molecular weight excluding hydrogens is 550 g/mol. The summed E-state index contributed by atoms with van der Waals surface area (Å²) in [4.78, 5) is 46.7. The predicted octanol–water partition coefficient (Wildman–Crippen LogP) is 5.24. The molecule has 7 nitrogen and oxygen atoms in total. The number of aliphatic imine (C=N–C) groups is 1. The molecule has 3 aromatic carbocycles. The summed E-state index contributed by atoms with van der Waals surface area (Å²) in [5.74, 6) is -1.50. The van der Waals surface area contributed by atoms with Crippen molar-refractivity contribution >= 4 is 29.2 Å². The van der Waals surface area contributed by atoms with Crippen LogP contribution < -0.4 is 10.6 Å². The second-order valence-electron chi connectivity index (χ2n) is 12.4. The molecule has 0 radical (unpaired) electrons. The van der Waals surface area contributed by atoms with Gasteiger partial charge in [0.15, 0.2) is 0 Å². The molecule has 2 aliphatic carbocycles. The van der Waals surface area contributed by atoms with Crippen LogP contribution in [-0.2, 0) is 27.2 Å². The Balaban J connectivity index is 1.10. The summed E-state index contributed by atoms with van der Waals surface area (Å²) >= 11 is 0. The molecule has 220 valence electrons. The molecule has 1 saturated carbocycles. The normalized spacial score (nSPS) is 23.9. The summed E-state index contributed by atoms with van der Waals surface area (Å²) in [5.41, 5.74) is 2.26. The van der Waals surface area contributed by atoms with Crippen LogP contribution in [0.15, 0.2) is 71.7 Å². The van der Waals surface area contributed by atoms with Crippen molar-refractivity contribution in [2.75, 3.05) is 11.9 Å². The molecule has 2 heterocycles. The van der Waals surface area contributed by atoms with E-state index in [1.54, 1.807) is 6.07 Å². The number of nitrogens with one attached hydrogen (secondary N) is 2. The molecule has 2 N–H and O–H groups in total. The quantitative estimate of drug-likeness (QED) is 0.431. The van der Waals surface area contributed by atoms with Crippen LogP contribution >= 0.6 is 0 Å². The van der Waals surface area contributed by atoms with E-state index in [0.29, 0.717) is 42.8 Å². The summed E-state index contributed by atoms with van der Waals surface area (Å²) in [7, 11) is 0. The fourth-order valence-corrected chi connectivity index (χ4v) is 7.51.